The van der Waals surface area contributed by atoms with Gasteiger partial charge in [-0.3, -0.25) is 14.4 Å². The van der Waals surface area contributed by atoms with Crippen molar-refractivity contribution in [2.45, 2.75) is 6.42 Å². The number of nitrogens with one attached hydrogen (secondary N) is 2. The van der Waals surface area contributed by atoms with Gasteiger partial charge in [0.2, 0.25) is 6.41 Å². The topological polar surface area (TPSA) is 78.5 Å². The zero-order chi connectivity index (χ0) is 14.1. The number of anilines is 1. The van der Waals surface area contributed by atoms with Gasteiger partial charge >= 0.3 is 11.8 Å². The first-order chi connectivity index (χ1) is 9.16. The third-order valence-electron chi connectivity index (χ3n) is 2.51. The molecule has 19 heavy (non-hydrogen) atoms. The molecule has 0 aliphatic rings. The van der Waals surface area contributed by atoms with Crippen LogP contribution >= 0.6 is 0 Å². The standard InChI is InChI=1S/C13H17N3O3/c1-16(11-6-3-2-4-7-11)13(19)12(18)15-9-5-8-14-10-17/h2-4,6-7,10H,5,8-9H2,1H3,(H,14,17)(H,15,18). The van der Waals surface area contributed by atoms with Crippen LogP contribution in [0.3, 0.4) is 0 Å². The highest BCUT2D eigenvalue weighted by Crippen LogP contribution is 2.10. The molecule has 0 aliphatic carbocycles. The van der Waals surface area contributed by atoms with Gasteiger partial charge in [-0.2, -0.15) is 0 Å². The van der Waals surface area contributed by atoms with Crippen molar-refractivity contribution in [1.29, 1.82) is 0 Å². The van der Waals surface area contributed by atoms with Gasteiger partial charge in [0.15, 0.2) is 0 Å². The Balaban J connectivity index is 2.40. The Labute approximate surface area is 111 Å². The van der Waals surface area contributed by atoms with Crippen LogP contribution in [0.15, 0.2) is 30.3 Å². The molecule has 0 saturated heterocycles. The number of benzene rings is 1. The minimum absolute atomic E-state index is 0.341. The molecule has 0 aromatic heterocycles. The first-order valence-electron chi connectivity index (χ1n) is 5.94. The second-order valence-corrected chi connectivity index (χ2v) is 3.88. The largest absolute Gasteiger partial charge is 0.359 e. The number of hydrogen-bond donors (Lipinski definition) is 2. The van der Waals surface area contributed by atoms with Crippen molar-refractivity contribution in [3.05, 3.63) is 30.3 Å². The molecule has 0 saturated carbocycles. The van der Waals surface area contributed by atoms with Gasteiger partial charge in [0.25, 0.3) is 0 Å². The molecule has 2 N–H and O–H groups in total. The minimum atomic E-state index is -0.655. The minimum Gasteiger partial charge on any atom is -0.359 e. The molecule has 0 atom stereocenters. The molecular weight excluding hydrogens is 246 g/mol. The fourth-order valence-electron chi connectivity index (χ4n) is 1.45. The van der Waals surface area contributed by atoms with Crippen LogP contribution < -0.4 is 15.5 Å². The normalized spacial score (nSPS) is 9.53. The molecular formula is C13H17N3O3. The Morgan fingerprint density at radius 1 is 1.21 bits per heavy atom. The van der Waals surface area contributed by atoms with Gasteiger partial charge in [-0.1, -0.05) is 18.2 Å². The lowest BCUT2D eigenvalue weighted by Gasteiger charge is -2.16. The average molecular weight is 263 g/mol. The summed E-state index contributed by atoms with van der Waals surface area (Å²) >= 11 is 0. The molecule has 1 aromatic rings. The summed E-state index contributed by atoms with van der Waals surface area (Å²) in [4.78, 5) is 34.7. The molecule has 0 spiro atoms. The van der Waals surface area contributed by atoms with Crippen LogP contribution in [0.2, 0.25) is 0 Å². The molecule has 3 amide bonds. The second-order valence-electron chi connectivity index (χ2n) is 3.88. The summed E-state index contributed by atoms with van der Waals surface area (Å²) in [6.07, 6.45) is 1.17. The molecule has 0 aliphatic heterocycles. The number of para-hydroxylation sites is 1. The van der Waals surface area contributed by atoms with E-state index in [2.05, 4.69) is 10.6 Å². The molecule has 0 unspecified atom stereocenters. The highest BCUT2D eigenvalue weighted by Gasteiger charge is 2.18. The van der Waals surface area contributed by atoms with E-state index in [4.69, 9.17) is 0 Å². The van der Waals surface area contributed by atoms with Crippen LogP contribution in [-0.2, 0) is 14.4 Å². The van der Waals surface area contributed by atoms with Crippen molar-refractivity contribution >= 4 is 23.9 Å². The van der Waals surface area contributed by atoms with E-state index in [1.165, 1.54) is 4.90 Å². The fraction of sp³-hybridized carbons (Fsp3) is 0.308. The molecule has 6 nitrogen and oxygen atoms in total. The number of nitrogens with zero attached hydrogens (tertiary/aromatic N) is 1. The van der Waals surface area contributed by atoms with Crippen molar-refractivity contribution in [2.75, 3.05) is 25.0 Å². The lowest BCUT2D eigenvalue weighted by atomic mass is 10.3. The van der Waals surface area contributed by atoms with Gasteiger partial charge in [0, 0.05) is 25.8 Å². The van der Waals surface area contributed by atoms with E-state index < -0.39 is 11.8 Å². The third kappa shape index (κ3) is 4.79. The summed E-state index contributed by atoms with van der Waals surface area (Å²) in [6, 6.07) is 8.92. The zero-order valence-electron chi connectivity index (χ0n) is 10.8. The van der Waals surface area contributed by atoms with Crippen molar-refractivity contribution < 1.29 is 14.4 Å². The van der Waals surface area contributed by atoms with E-state index in [-0.39, 0.29) is 0 Å². The molecule has 0 bridgehead atoms. The summed E-state index contributed by atoms with van der Waals surface area (Å²) < 4.78 is 0. The van der Waals surface area contributed by atoms with E-state index >= 15 is 0 Å². The van der Waals surface area contributed by atoms with E-state index in [0.717, 1.165) is 0 Å². The number of rotatable bonds is 6. The van der Waals surface area contributed by atoms with Gasteiger partial charge in [-0.15, -0.1) is 0 Å². The lowest BCUT2D eigenvalue weighted by molar-refractivity contribution is -0.137. The van der Waals surface area contributed by atoms with Crippen molar-refractivity contribution in [3.8, 4) is 0 Å². The smallest absolute Gasteiger partial charge is 0.316 e. The van der Waals surface area contributed by atoms with Crippen molar-refractivity contribution in [3.63, 3.8) is 0 Å². The summed E-state index contributed by atoms with van der Waals surface area (Å²) in [5.74, 6) is -1.27. The second kappa shape index (κ2) is 7.86. The predicted octanol–water partition coefficient (Wildman–Crippen LogP) is -0.0983. The van der Waals surface area contributed by atoms with Gasteiger partial charge in [-0.25, -0.2) is 0 Å². The summed E-state index contributed by atoms with van der Waals surface area (Å²) in [5.41, 5.74) is 0.658. The Bertz CT molecular complexity index is 434. The first kappa shape index (κ1) is 14.7. The van der Waals surface area contributed by atoms with Crippen LogP contribution in [0.1, 0.15) is 6.42 Å². The molecule has 6 heteroatoms. The first-order valence-corrected chi connectivity index (χ1v) is 5.94. The Hall–Kier alpha value is -2.37. The summed E-state index contributed by atoms with van der Waals surface area (Å²) in [6.45, 7) is 0.806. The maximum absolute atomic E-state index is 11.8. The highest BCUT2D eigenvalue weighted by molar-refractivity contribution is 6.40. The Kier molecular flexibility index (Phi) is 6.08. The Morgan fingerprint density at radius 2 is 1.89 bits per heavy atom. The van der Waals surface area contributed by atoms with E-state index in [1.54, 1.807) is 31.3 Å². The van der Waals surface area contributed by atoms with Crippen LogP contribution in [0, 0.1) is 0 Å². The maximum Gasteiger partial charge on any atom is 0.316 e. The molecule has 0 radical (unpaired) electrons. The quantitative estimate of drug-likeness (QED) is 0.427. The number of likely N-dealkylation sites (N-methyl/N-ethyl adjacent to an activating group) is 1. The van der Waals surface area contributed by atoms with Gasteiger partial charge in [0.1, 0.15) is 0 Å². The number of hydrogen-bond acceptors (Lipinski definition) is 3. The van der Waals surface area contributed by atoms with Crippen LogP contribution in [0.4, 0.5) is 5.69 Å². The third-order valence-corrected chi connectivity index (χ3v) is 2.51. The van der Waals surface area contributed by atoms with Gasteiger partial charge in [-0.05, 0) is 18.6 Å². The van der Waals surface area contributed by atoms with Crippen LogP contribution in [-0.4, -0.2) is 38.4 Å². The van der Waals surface area contributed by atoms with Crippen LogP contribution in [0.5, 0.6) is 0 Å². The maximum atomic E-state index is 11.8. The SMILES string of the molecule is CN(C(=O)C(=O)NCCCNC=O)c1ccccc1. The summed E-state index contributed by atoms with van der Waals surface area (Å²) in [7, 11) is 1.55. The molecule has 1 aromatic carbocycles. The molecule has 0 fully saturated rings. The number of carbonyl (C=O) groups is 3. The monoisotopic (exact) mass is 263 g/mol. The van der Waals surface area contributed by atoms with Crippen molar-refractivity contribution in [1.82, 2.24) is 10.6 Å². The molecule has 102 valence electrons. The van der Waals surface area contributed by atoms with Gasteiger partial charge in [0.05, 0.1) is 0 Å². The van der Waals surface area contributed by atoms with E-state index in [0.29, 0.717) is 31.6 Å². The van der Waals surface area contributed by atoms with E-state index in [9.17, 15) is 14.4 Å². The summed E-state index contributed by atoms with van der Waals surface area (Å²) in [5, 5.41) is 4.98. The molecule has 0 heterocycles. The fourth-order valence-corrected chi connectivity index (χ4v) is 1.45. The van der Waals surface area contributed by atoms with Crippen LogP contribution in [0.25, 0.3) is 0 Å². The lowest BCUT2D eigenvalue weighted by Crippen LogP contribution is -2.41. The van der Waals surface area contributed by atoms with Crippen molar-refractivity contribution in [2.24, 2.45) is 0 Å². The molecule has 1 rings (SSSR count). The zero-order valence-corrected chi connectivity index (χ0v) is 10.8. The number of carbonyl (C=O) groups excluding carboxylic acids is 3. The van der Waals surface area contributed by atoms with Gasteiger partial charge < -0.3 is 15.5 Å². The predicted molar refractivity (Wildman–Crippen MR) is 71.5 cm³/mol. The van der Waals surface area contributed by atoms with E-state index in [1.807, 2.05) is 6.07 Å². The number of amides is 3. The highest BCUT2D eigenvalue weighted by atomic mass is 16.2. The average Bonchev–Trinajstić information content (AvgIpc) is 2.46. The Morgan fingerprint density at radius 3 is 2.53 bits per heavy atom.